The van der Waals surface area contributed by atoms with Gasteiger partial charge in [0.05, 0.1) is 16.8 Å². The average Bonchev–Trinajstić information content (AvgIpc) is 3.04. The van der Waals surface area contributed by atoms with Crippen molar-refractivity contribution in [1.29, 1.82) is 0 Å². The van der Waals surface area contributed by atoms with Crippen LogP contribution in [0.25, 0.3) is 10.8 Å². The molecule has 31 heavy (non-hydrogen) atoms. The molecule has 1 fully saturated rings. The van der Waals surface area contributed by atoms with E-state index in [0.29, 0.717) is 22.5 Å². The molecule has 0 saturated heterocycles. The quantitative estimate of drug-likeness (QED) is 0.563. The van der Waals surface area contributed by atoms with Gasteiger partial charge in [0.2, 0.25) is 0 Å². The number of hydrogen-bond donors (Lipinski definition) is 2. The van der Waals surface area contributed by atoms with Crippen LogP contribution in [0.3, 0.4) is 0 Å². The zero-order chi connectivity index (χ0) is 21.4. The van der Waals surface area contributed by atoms with Crippen LogP contribution in [-0.4, -0.2) is 28.8 Å². The molecule has 0 radical (unpaired) electrons. The summed E-state index contributed by atoms with van der Waals surface area (Å²) < 4.78 is 0. The zero-order valence-corrected chi connectivity index (χ0v) is 17.1. The first-order valence-corrected chi connectivity index (χ1v) is 10.7. The molecule has 3 aromatic carbocycles. The van der Waals surface area contributed by atoms with E-state index in [1.807, 2.05) is 42.5 Å². The van der Waals surface area contributed by atoms with E-state index in [2.05, 4.69) is 10.6 Å². The molecule has 4 amide bonds. The minimum Gasteiger partial charge on any atom is -0.308 e. The second-order valence-electron chi connectivity index (χ2n) is 8.14. The van der Waals surface area contributed by atoms with Gasteiger partial charge in [-0.3, -0.25) is 14.5 Å². The van der Waals surface area contributed by atoms with Gasteiger partial charge in [-0.15, -0.1) is 0 Å². The van der Waals surface area contributed by atoms with Gasteiger partial charge in [0, 0.05) is 17.1 Å². The van der Waals surface area contributed by atoms with E-state index >= 15 is 0 Å². The van der Waals surface area contributed by atoms with Gasteiger partial charge in [-0.25, -0.2) is 4.79 Å². The van der Waals surface area contributed by atoms with E-state index in [1.165, 1.54) is 4.90 Å². The summed E-state index contributed by atoms with van der Waals surface area (Å²) in [4.78, 5) is 39.8. The van der Waals surface area contributed by atoms with Crippen molar-refractivity contribution in [3.8, 4) is 0 Å². The standard InChI is InChI=1S/C25H23N3O3/c29-23-20-14-13-17(15-21(20)24(30)28(23)18-9-2-1-3-10-18)26-25(31)27-22-12-6-8-16-7-4-5-11-19(16)22/h4-8,11-15,18H,1-3,9-10H2,(H2,26,27,31). The molecule has 0 bridgehead atoms. The highest BCUT2D eigenvalue weighted by Gasteiger charge is 2.40. The molecule has 5 rings (SSSR count). The summed E-state index contributed by atoms with van der Waals surface area (Å²) in [7, 11) is 0. The van der Waals surface area contributed by atoms with Crippen molar-refractivity contribution in [3.63, 3.8) is 0 Å². The molecule has 1 heterocycles. The van der Waals surface area contributed by atoms with Crippen LogP contribution in [0.1, 0.15) is 52.8 Å². The number of anilines is 2. The second-order valence-corrected chi connectivity index (χ2v) is 8.14. The molecule has 0 unspecified atom stereocenters. The number of imide groups is 1. The third-order valence-corrected chi connectivity index (χ3v) is 6.15. The fourth-order valence-electron chi connectivity index (χ4n) is 4.63. The van der Waals surface area contributed by atoms with Gasteiger partial charge in [0.15, 0.2) is 0 Å². The van der Waals surface area contributed by atoms with Crippen LogP contribution in [0.2, 0.25) is 0 Å². The molecule has 0 aromatic heterocycles. The largest absolute Gasteiger partial charge is 0.323 e. The Labute approximate surface area is 180 Å². The maximum absolute atomic E-state index is 13.0. The summed E-state index contributed by atoms with van der Waals surface area (Å²) in [6.45, 7) is 0. The third kappa shape index (κ3) is 3.54. The molecule has 0 spiro atoms. The third-order valence-electron chi connectivity index (χ3n) is 6.15. The summed E-state index contributed by atoms with van der Waals surface area (Å²) >= 11 is 0. The minimum absolute atomic E-state index is 0.0211. The summed E-state index contributed by atoms with van der Waals surface area (Å²) in [5.74, 6) is -0.483. The summed E-state index contributed by atoms with van der Waals surface area (Å²) in [5.41, 5.74) is 1.95. The first-order valence-electron chi connectivity index (χ1n) is 10.7. The van der Waals surface area contributed by atoms with E-state index < -0.39 is 6.03 Å². The van der Waals surface area contributed by atoms with Crippen LogP contribution < -0.4 is 10.6 Å². The first kappa shape index (κ1) is 19.3. The number of hydrogen-bond acceptors (Lipinski definition) is 3. The predicted octanol–water partition coefficient (Wildman–Crippen LogP) is 5.41. The summed E-state index contributed by atoms with van der Waals surface area (Å²) in [6, 6.07) is 18.0. The van der Waals surface area contributed by atoms with Gasteiger partial charge < -0.3 is 10.6 Å². The fourth-order valence-corrected chi connectivity index (χ4v) is 4.63. The Kier molecular flexibility index (Phi) is 4.90. The molecule has 2 aliphatic rings. The van der Waals surface area contributed by atoms with E-state index in [-0.39, 0.29) is 17.9 Å². The van der Waals surface area contributed by atoms with Crippen LogP contribution in [-0.2, 0) is 0 Å². The van der Waals surface area contributed by atoms with E-state index in [4.69, 9.17) is 0 Å². The molecule has 6 nitrogen and oxygen atoms in total. The Morgan fingerprint density at radius 3 is 2.39 bits per heavy atom. The molecule has 2 N–H and O–H groups in total. The zero-order valence-electron chi connectivity index (χ0n) is 17.1. The Morgan fingerprint density at radius 2 is 1.55 bits per heavy atom. The molecule has 1 aliphatic carbocycles. The Morgan fingerprint density at radius 1 is 0.806 bits per heavy atom. The van der Waals surface area contributed by atoms with E-state index in [1.54, 1.807) is 18.2 Å². The van der Waals surface area contributed by atoms with Crippen molar-refractivity contribution in [1.82, 2.24) is 4.90 Å². The van der Waals surface area contributed by atoms with E-state index in [0.717, 1.165) is 42.9 Å². The van der Waals surface area contributed by atoms with Crippen molar-refractivity contribution in [2.75, 3.05) is 10.6 Å². The second kappa shape index (κ2) is 7.87. The lowest BCUT2D eigenvalue weighted by atomic mass is 9.94. The van der Waals surface area contributed by atoms with Crippen LogP contribution in [0.4, 0.5) is 16.2 Å². The molecular formula is C25H23N3O3. The topological polar surface area (TPSA) is 78.5 Å². The number of carbonyl (C=O) groups is 3. The normalized spacial score (nSPS) is 16.5. The number of nitrogens with zero attached hydrogens (tertiary/aromatic N) is 1. The lowest BCUT2D eigenvalue weighted by molar-refractivity contribution is 0.0549. The van der Waals surface area contributed by atoms with Gasteiger partial charge in [0.1, 0.15) is 0 Å². The molecular weight excluding hydrogens is 390 g/mol. The Balaban J connectivity index is 1.34. The molecule has 3 aromatic rings. The molecule has 1 saturated carbocycles. The maximum Gasteiger partial charge on any atom is 0.323 e. The van der Waals surface area contributed by atoms with Crippen LogP contribution >= 0.6 is 0 Å². The van der Waals surface area contributed by atoms with Gasteiger partial charge in [-0.05, 0) is 42.5 Å². The lowest BCUT2D eigenvalue weighted by Gasteiger charge is -2.29. The minimum atomic E-state index is -0.405. The molecule has 1 aliphatic heterocycles. The van der Waals surface area contributed by atoms with Crippen LogP contribution in [0.5, 0.6) is 0 Å². The average molecular weight is 413 g/mol. The summed E-state index contributed by atoms with van der Waals surface area (Å²) in [5, 5.41) is 7.63. The number of fused-ring (bicyclic) bond motifs is 2. The lowest BCUT2D eigenvalue weighted by Crippen LogP contribution is -2.40. The number of rotatable bonds is 3. The number of nitrogens with one attached hydrogen (secondary N) is 2. The summed E-state index contributed by atoms with van der Waals surface area (Å²) in [6.07, 6.45) is 4.96. The Bertz CT molecular complexity index is 1190. The maximum atomic E-state index is 13.0. The van der Waals surface area contributed by atoms with Crippen molar-refractivity contribution in [2.24, 2.45) is 0 Å². The predicted molar refractivity (Wildman–Crippen MR) is 120 cm³/mol. The van der Waals surface area contributed by atoms with Gasteiger partial charge in [-0.2, -0.15) is 0 Å². The first-order chi connectivity index (χ1) is 15.1. The fraction of sp³-hybridized carbons (Fsp3) is 0.240. The number of amides is 4. The molecule has 6 heteroatoms. The van der Waals surface area contributed by atoms with Gasteiger partial charge in [0.25, 0.3) is 11.8 Å². The highest BCUT2D eigenvalue weighted by Crippen LogP contribution is 2.32. The molecule has 0 atom stereocenters. The number of benzene rings is 3. The van der Waals surface area contributed by atoms with Crippen molar-refractivity contribution < 1.29 is 14.4 Å². The van der Waals surface area contributed by atoms with E-state index in [9.17, 15) is 14.4 Å². The van der Waals surface area contributed by atoms with Crippen molar-refractivity contribution in [2.45, 2.75) is 38.1 Å². The van der Waals surface area contributed by atoms with Gasteiger partial charge in [-0.1, -0.05) is 55.7 Å². The smallest absolute Gasteiger partial charge is 0.308 e. The molecule has 156 valence electrons. The van der Waals surface area contributed by atoms with Gasteiger partial charge >= 0.3 is 6.03 Å². The highest BCUT2D eigenvalue weighted by molar-refractivity contribution is 6.22. The monoisotopic (exact) mass is 413 g/mol. The number of carbonyl (C=O) groups excluding carboxylic acids is 3. The SMILES string of the molecule is O=C(Nc1ccc2c(c1)C(=O)N(C1CCCCC1)C2=O)Nc1cccc2ccccc12. The number of urea groups is 1. The highest BCUT2D eigenvalue weighted by atomic mass is 16.2. The van der Waals surface area contributed by atoms with Crippen LogP contribution in [0, 0.1) is 0 Å². The van der Waals surface area contributed by atoms with Crippen molar-refractivity contribution in [3.05, 3.63) is 71.8 Å². The Hall–Kier alpha value is -3.67. The van der Waals surface area contributed by atoms with Crippen molar-refractivity contribution >= 4 is 40.0 Å². The van der Waals surface area contributed by atoms with Crippen LogP contribution in [0.15, 0.2) is 60.7 Å².